The molecule has 8 heteroatoms. The molecule has 1 aliphatic carbocycles. The van der Waals surface area contributed by atoms with Crippen LogP contribution in [0.15, 0.2) is 18.2 Å². The number of carbonyl (C=O) groups is 2. The fourth-order valence-corrected chi connectivity index (χ4v) is 2.81. The lowest BCUT2D eigenvalue weighted by Gasteiger charge is -2.27. The van der Waals surface area contributed by atoms with Crippen molar-refractivity contribution in [2.75, 3.05) is 0 Å². The van der Waals surface area contributed by atoms with Crippen molar-refractivity contribution in [3.05, 3.63) is 35.1 Å². The number of carbonyl (C=O) groups excluding carboxylic acids is 1. The minimum Gasteiger partial charge on any atom is -0.478 e. The molecule has 0 spiro atoms. The maximum atomic E-state index is 13.8. The van der Waals surface area contributed by atoms with E-state index in [1.165, 1.54) is 0 Å². The van der Waals surface area contributed by atoms with Gasteiger partial charge in [0, 0.05) is 0 Å². The van der Waals surface area contributed by atoms with E-state index >= 15 is 0 Å². The van der Waals surface area contributed by atoms with Crippen molar-refractivity contribution in [2.24, 2.45) is 5.92 Å². The third kappa shape index (κ3) is 4.00. The molecule has 1 saturated carbocycles. The van der Waals surface area contributed by atoms with Gasteiger partial charge in [-0.2, -0.15) is 13.2 Å². The summed E-state index contributed by atoms with van der Waals surface area (Å²) in [7, 11) is 0. The molecule has 0 aliphatic heterocycles. The van der Waals surface area contributed by atoms with E-state index in [1.807, 2.05) is 5.32 Å². The Kier molecular flexibility index (Phi) is 4.91. The summed E-state index contributed by atoms with van der Waals surface area (Å²) < 4.78 is 53.2. The van der Waals surface area contributed by atoms with Gasteiger partial charge in [0.1, 0.15) is 11.9 Å². The standard InChI is InChI=1S/C15H15F4NO3/c16-11-7-9(14(22)23)5-6-10(11)13(21)20-12(15(17,18)19)8-3-1-2-4-8/h5-8,12H,1-4H2,(H,20,21)(H,22,23). The number of alkyl halides is 3. The Balaban J connectivity index is 2.20. The van der Waals surface area contributed by atoms with Gasteiger partial charge >= 0.3 is 12.1 Å². The first-order valence-corrected chi connectivity index (χ1v) is 7.10. The lowest BCUT2D eigenvalue weighted by atomic mass is 9.97. The number of amides is 1. The van der Waals surface area contributed by atoms with E-state index in [0.29, 0.717) is 31.7 Å². The smallest absolute Gasteiger partial charge is 0.408 e. The van der Waals surface area contributed by atoms with Crippen LogP contribution in [0.2, 0.25) is 0 Å². The Morgan fingerprint density at radius 2 is 1.83 bits per heavy atom. The van der Waals surface area contributed by atoms with E-state index in [4.69, 9.17) is 5.11 Å². The van der Waals surface area contributed by atoms with Crippen molar-refractivity contribution in [1.82, 2.24) is 5.32 Å². The first-order valence-electron chi connectivity index (χ1n) is 7.10. The van der Waals surface area contributed by atoms with E-state index in [9.17, 15) is 27.2 Å². The molecule has 23 heavy (non-hydrogen) atoms. The number of aromatic carboxylic acids is 1. The van der Waals surface area contributed by atoms with Crippen LogP contribution < -0.4 is 5.32 Å². The molecule has 1 aliphatic rings. The van der Waals surface area contributed by atoms with Gasteiger partial charge in [-0.25, -0.2) is 9.18 Å². The number of nitrogens with one attached hydrogen (secondary N) is 1. The molecule has 126 valence electrons. The molecular formula is C15H15F4NO3. The average molecular weight is 333 g/mol. The lowest BCUT2D eigenvalue weighted by Crippen LogP contribution is -2.49. The van der Waals surface area contributed by atoms with Gasteiger partial charge in [-0.3, -0.25) is 4.79 Å². The maximum absolute atomic E-state index is 13.8. The van der Waals surface area contributed by atoms with Crippen molar-refractivity contribution >= 4 is 11.9 Å². The highest BCUT2D eigenvalue weighted by Gasteiger charge is 2.46. The quantitative estimate of drug-likeness (QED) is 0.830. The summed E-state index contributed by atoms with van der Waals surface area (Å²) >= 11 is 0. The molecule has 2 N–H and O–H groups in total. The van der Waals surface area contributed by atoms with Gasteiger partial charge in [-0.1, -0.05) is 12.8 Å². The van der Waals surface area contributed by atoms with Crippen molar-refractivity contribution < 1.29 is 32.3 Å². The number of benzene rings is 1. The van der Waals surface area contributed by atoms with Crippen LogP contribution >= 0.6 is 0 Å². The summed E-state index contributed by atoms with van der Waals surface area (Å²) in [6, 6.07) is 0.417. The van der Waals surface area contributed by atoms with E-state index in [-0.39, 0.29) is 5.56 Å². The topological polar surface area (TPSA) is 66.4 Å². The van der Waals surface area contributed by atoms with Crippen molar-refractivity contribution in [3.8, 4) is 0 Å². The molecule has 0 aromatic heterocycles. The minimum absolute atomic E-state index is 0.352. The summed E-state index contributed by atoms with van der Waals surface area (Å²) in [6.45, 7) is 0. The van der Waals surface area contributed by atoms with Crippen LogP contribution in [-0.2, 0) is 0 Å². The zero-order chi connectivity index (χ0) is 17.2. The molecule has 0 saturated heterocycles. The zero-order valence-electron chi connectivity index (χ0n) is 12.0. The van der Waals surface area contributed by atoms with Crippen LogP contribution in [0, 0.1) is 11.7 Å². The Hall–Kier alpha value is -2.12. The van der Waals surface area contributed by atoms with Gasteiger partial charge in [0.15, 0.2) is 0 Å². The number of hydrogen-bond acceptors (Lipinski definition) is 2. The lowest BCUT2D eigenvalue weighted by molar-refractivity contribution is -0.164. The van der Waals surface area contributed by atoms with Gasteiger partial charge in [0.2, 0.25) is 0 Å². The summed E-state index contributed by atoms with van der Waals surface area (Å²) in [5.41, 5.74) is -0.996. The summed E-state index contributed by atoms with van der Waals surface area (Å²) in [5, 5.41) is 10.6. The van der Waals surface area contributed by atoms with Crippen molar-refractivity contribution in [1.29, 1.82) is 0 Å². The monoisotopic (exact) mass is 333 g/mol. The molecule has 0 heterocycles. The fraction of sp³-hybridized carbons (Fsp3) is 0.467. The fourth-order valence-electron chi connectivity index (χ4n) is 2.81. The number of hydrogen-bond donors (Lipinski definition) is 2. The molecule has 1 aromatic carbocycles. The largest absolute Gasteiger partial charge is 0.478 e. The summed E-state index contributed by atoms with van der Waals surface area (Å²) in [6.07, 6.45) is -2.60. The highest BCUT2D eigenvalue weighted by Crippen LogP contribution is 2.35. The first-order chi connectivity index (χ1) is 10.7. The maximum Gasteiger partial charge on any atom is 0.408 e. The van der Waals surface area contributed by atoms with E-state index in [1.54, 1.807) is 0 Å². The van der Waals surface area contributed by atoms with Gasteiger partial charge in [-0.05, 0) is 37.0 Å². The number of halogens is 4. The molecule has 2 rings (SSSR count). The SMILES string of the molecule is O=C(O)c1ccc(C(=O)NC(C2CCCC2)C(F)(F)F)c(F)c1. The normalized spacial score (nSPS) is 17.0. The van der Waals surface area contributed by atoms with E-state index < -0.39 is 41.4 Å². The third-order valence-corrected chi connectivity index (χ3v) is 3.97. The molecule has 0 radical (unpaired) electrons. The van der Waals surface area contributed by atoms with Crippen LogP contribution in [-0.4, -0.2) is 29.2 Å². The van der Waals surface area contributed by atoms with Crippen LogP contribution in [0.25, 0.3) is 0 Å². The second-order valence-electron chi connectivity index (χ2n) is 5.54. The molecule has 1 unspecified atom stereocenters. The molecule has 4 nitrogen and oxygen atoms in total. The second kappa shape index (κ2) is 6.55. The molecule has 1 aromatic rings. The Morgan fingerprint density at radius 1 is 1.22 bits per heavy atom. The van der Waals surface area contributed by atoms with Crippen LogP contribution in [0.5, 0.6) is 0 Å². The van der Waals surface area contributed by atoms with E-state index in [2.05, 4.69) is 0 Å². The van der Waals surface area contributed by atoms with Crippen molar-refractivity contribution in [2.45, 2.75) is 37.9 Å². The number of rotatable bonds is 4. The summed E-state index contributed by atoms with van der Waals surface area (Å²) in [4.78, 5) is 22.7. The van der Waals surface area contributed by atoms with Crippen molar-refractivity contribution in [3.63, 3.8) is 0 Å². The predicted octanol–water partition coefficient (Wildman–Crippen LogP) is 3.37. The van der Waals surface area contributed by atoms with Gasteiger partial charge in [-0.15, -0.1) is 0 Å². The van der Waals surface area contributed by atoms with Crippen LogP contribution in [0.4, 0.5) is 17.6 Å². The second-order valence-corrected chi connectivity index (χ2v) is 5.54. The Labute approximate surface area is 129 Å². The van der Waals surface area contributed by atoms with Gasteiger partial charge in [0.05, 0.1) is 11.1 Å². The average Bonchev–Trinajstić information content (AvgIpc) is 2.96. The summed E-state index contributed by atoms with van der Waals surface area (Å²) in [5.74, 6) is -4.49. The molecule has 1 fully saturated rings. The van der Waals surface area contributed by atoms with Gasteiger partial charge < -0.3 is 10.4 Å². The highest BCUT2D eigenvalue weighted by atomic mass is 19.4. The molecular weight excluding hydrogens is 318 g/mol. The third-order valence-electron chi connectivity index (χ3n) is 3.97. The molecule has 1 amide bonds. The zero-order valence-corrected chi connectivity index (χ0v) is 12.0. The van der Waals surface area contributed by atoms with Crippen LogP contribution in [0.3, 0.4) is 0 Å². The molecule has 1 atom stereocenters. The van der Waals surface area contributed by atoms with E-state index in [0.717, 1.165) is 12.1 Å². The number of carboxylic acid groups (broad SMARTS) is 1. The van der Waals surface area contributed by atoms with Gasteiger partial charge in [0.25, 0.3) is 5.91 Å². The minimum atomic E-state index is -4.62. The Bertz CT molecular complexity index is 609. The first kappa shape index (κ1) is 17.2. The number of carboxylic acids is 1. The van der Waals surface area contributed by atoms with Crippen LogP contribution in [0.1, 0.15) is 46.4 Å². The molecule has 0 bridgehead atoms. The highest BCUT2D eigenvalue weighted by molar-refractivity contribution is 5.96. The predicted molar refractivity (Wildman–Crippen MR) is 72.6 cm³/mol. The Morgan fingerprint density at radius 3 is 2.30 bits per heavy atom.